The summed E-state index contributed by atoms with van der Waals surface area (Å²) in [6.45, 7) is 0. The van der Waals surface area contributed by atoms with E-state index in [-0.39, 0.29) is 51.8 Å². The number of nitrogens with zero attached hydrogens (tertiary/aromatic N) is 4. The average molecular weight is 795 g/mol. The van der Waals surface area contributed by atoms with Crippen molar-refractivity contribution in [3.8, 4) is 45.1 Å². The van der Waals surface area contributed by atoms with E-state index in [9.17, 15) is 4.11 Å². The van der Waals surface area contributed by atoms with Crippen molar-refractivity contribution >= 4 is 76.1 Å². The van der Waals surface area contributed by atoms with Gasteiger partial charge in [0.25, 0.3) is 0 Å². The van der Waals surface area contributed by atoms with Gasteiger partial charge in [0.15, 0.2) is 0 Å². The largest absolute Gasteiger partial charge is 0.309 e. The Labute approximate surface area is 365 Å². The van der Waals surface area contributed by atoms with Crippen molar-refractivity contribution in [3.63, 3.8) is 0 Å². The van der Waals surface area contributed by atoms with Gasteiger partial charge in [0, 0.05) is 43.6 Å². The van der Waals surface area contributed by atoms with Gasteiger partial charge < -0.3 is 4.57 Å². The van der Waals surface area contributed by atoms with Gasteiger partial charge in [-0.3, -0.25) is 4.57 Å². The SMILES string of the molecule is [2H]c1c([2H])c([2H])c2c(c1[2H])c([2H])c([2H])c1c(-c3ccc(-c4ccccc4)cc3)nc(-n3c4ccccc4c4c(-c5ccc6c(c5)c5cc7ccccc7cc5n6-c5ccccc5)cccc43)nc12. The summed E-state index contributed by atoms with van der Waals surface area (Å²) in [5, 5.41) is 6.86. The fourth-order valence-corrected chi connectivity index (χ4v) is 9.42. The summed E-state index contributed by atoms with van der Waals surface area (Å²) in [7, 11) is 0. The van der Waals surface area contributed by atoms with Crippen molar-refractivity contribution in [1.29, 1.82) is 0 Å². The van der Waals surface area contributed by atoms with Gasteiger partial charge in [-0.15, -0.1) is 0 Å². The maximum Gasteiger partial charge on any atom is 0.235 e. The molecule has 0 atom stereocenters. The van der Waals surface area contributed by atoms with Gasteiger partial charge in [-0.25, -0.2) is 9.97 Å². The highest BCUT2D eigenvalue weighted by Gasteiger charge is 2.22. The first-order valence-electron chi connectivity index (χ1n) is 23.7. The number of hydrogen-bond donors (Lipinski definition) is 0. The molecule has 13 rings (SSSR count). The number of para-hydroxylation sites is 2. The Kier molecular flexibility index (Phi) is 6.36. The molecule has 288 valence electrons. The van der Waals surface area contributed by atoms with E-state index in [1.807, 2.05) is 89.5 Å². The second kappa shape index (κ2) is 13.6. The zero-order valence-corrected chi connectivity index (χ0v) is 33.1. The fraction of sp³-hybridized carbons (Fsp3) is 0. The third kappa shape index (κ3) is 5.27. The topological polar surface area (TPSA) is 35.6 Å². The molecule has 4 heteroatoms. The van der Waals surface area contributed by atoms with Crippen LogP contribution in [-0.2, 0) is 0 Å². The van der Waals surface area contributed by atoms with Crippen molar-refractivity contribution in [3.05, 3.63) is 218 Å². The molecule has 62 heavy (non-hydrogen) atoms. The summed E-state index contributed by atoms with van der Waals surface area (Å²) in [5.74, 6) is 0.266. The molecule has 10 aromatic carbocycles. The van der Waals surface area contributed by atoms with Gasteiger partial charge in [-0.1, -0.05) is 164 Å². The monoisotopic (exact) mass is 794 g/mol. The van der Waals surface area contributed by atoms with Gasteiger partial charge in [0.1, 0.15) is 0 Å². The van der Waals surface area contributed by atoms with Crippen molar-refractivity contribution < 1.29 is 8.22 Å². The van der Waals surface area contributed by atoms with E-state index in [0.717, 1.165) is 71.6 Å². The Bertz CT molecular complexity index is 4260. The molecule has 0 aliphatic rings. The van der Waals surface area contributed by atoms with E-state index < -0.39 is 12.1 Å². The molecular formula is C58H36N4. The van der Waals surface area contributed by atoms with Crippen LogP contribution in [0.25, 0.3) is 121 Å². The van der Waals surface area contributed by atoms with E-state index in [4.69, 9.17) is 14.1 Å². The van der Waals surface area contributed by atoms with Crippen LogP contribution in [0.3, 0.4) is 0 Å². The first-order valence-corrected chi connectivity index (χ1v) is 20.7. The highest BCUT2D eigenvalue weighted by atomic mass is 15.2. The predicted octanol–water partition coefficient (Wildman–Crippen LogP) is 15.1. The van der Waals surface area contributed by atoms with Crippen LogP contribution in [-0.4, -0.2) is 19.1 Å². The van der Waals surface area contributed by atoms with E-state index in [2.05, 4.69) is 102 Å². The molecule has 0 aliphatic heterocycles. The lowest BCUT2D eigenvalue weighted by atomic mass is 9.97. The fourth-order valence-electron chi connectivity index (χ4n) is 9.42. The third-order valence-corrected chi connectivity index (χ3v) is 12.3. The highest BCUT2D eigenvalue weighted by Crippen LogP contribution is 2.42. The van der Waals surface area contributed by atoms with Crippen molar-refractivity contribution in [1.82, 2.24) is 19.1 Å². The Morgan fingerprint density at radius 2 is 1.03 bits per heavy atom. The van der Waals surface area contributed by atoms with Crippen LogP contribution in [0.4, 0.5) is 0 Å². The quantitative estimate of drug-likeness (QED) is 0.163. The summed E-state index contributed by atoms with van der Waals surface area (Å²) in [6.07, 6.45) is 0. The van der Waals surface area contributed by atoms with Gasteiger partial charge in [-0.05, 0) is 93.0 Å². The van der Waals surface area contributed by atoms with Crippen LogP contribution in [0, 0.1) is 0 Å². The van der Waals surface area contributed by atoms with Crippen LogP contribution in [0.5, 0.6) is 0 Å². The maximum absolute atomic E-state index is 9.43. The second-order valence-corrected chi connectivity index (χ2v) is 15.7. The third-order valence-electron chi connectivity index (χ3n) is 12.3. The zero-order chi connectivity index (χ0) is 45.9. The van der Waals surface area contributed by atoms with Crippen LogP contribution in [0.2, 0.25) is 0 Å². The summed E-state index contributed by atoms with van der Waals surface area (Å²) in [6, 6.07) is 60.4. The highest BCUT2D eigenvalue weighted by molar-refractivity contribution is 6.19. The standard InChI is InChI=1S/C58H36N4/c1-3-14-37(15-4-1)38-26-28-40(29-27-38)56-48-32-30-39-16-9-10-21-46(39)57(48)60-58(59-56)62-51-24-12-11-22-47(51)55-45(23-13-25-53(55)62)43-31-33-52-49(35-43)50-34-41-17-7-8-18-42(41)36-54(50)61(52)44-19-5-2-6-20-44/h1-36H/i9D,10D,16D,21D,30D,32D. The zero-order valence-electron chi connectivity index (χ0n) is 39.1. The maximum atomic E-state index is 9.43. The first kappa shape index (κ1) is 29.0. The average Bonchev–Trinajstić information content (AvgIpc) is 3.90. The number of rotatable bonds is 5. The summed E-state index contributed by atoms with van der Waals surface area (Å²) in [4.78, 5) is 10.5. The molecule has 0 fully saturated rings. The molecule has 0 aliphatic carbocycles. The van der Waals surface area contributed by atoms with Crippen molar-refractivity contribution in [2.45, 2.75) is 0 Å². The van der Waals surface area contributed by atoms with Crippen LogP contribution < -0.4 is 0 Å². The molecule has 0 N–H and O–H groups in total. The molecular weight excluding hydrogens is 753 g/mol. The minimum Gasteiger partial charge on any atom is -0.309 e. The Morgan fingerprint density at radius 3 is 1.89 bits per heavy atom. The minimum atomic E-state index is -0.466. The van der Waals surface area contributed by atoms with Gasteiger partial charge >= 0.3 is 0 Å². The Balaban J connectivity index is 1.09. The van der Waals surface area contributed by atoms with E-state index >= 15 is 0 Å². The second-order valence-electron chi connectivity index (χ2n) is 15.7. The molecule has 0 saturated heterocycles. The smallest absolute Gasteiger partial charge is 0.235 e. The molecule has 0 spiro atoms. The minimum absolute atomic E-state index is 0.0509. The molecule has 0 saturated carbocycles. The lowest BCUT2D eigenvalue weighted by molar-refractivity contribution is 1.02. The van der Waals surface area contributed by atoms with Crippen LogP contribution >= 0.6 is 0 Å². The number of aromatic nitrogens is 4. The van der Waals surface area contributed by atoms with Crippen molar-refractivity contribution in [2.24, 2.45) is 0 Å². The lowest BCUT2D eigenvalue weighted by Gasteiger charge is -2.14. The summed E-state index contributed by atoms with van der Waals surface area (Å²) >= 11 is 0. The first-order chi connectivity index (χ1) is 33.2. The van der Waals surface area contributed by atoms with Gasteiger partial charge in [0.05, 0.1) is 41.5 Å². The molecule has 0 unspecified atom stereocenters. The molecule has 3 heterocycles. The van der Waals surface area contributed by atoms with Crippen LogP contribution in [0.15, 0.2) is 218 Å². The lowest BCUT2D eigenvalue weighted by Crippen LogP contribution is -2.04. The van der Waals surface area contributed by atoms with Gasteiger partial charge in [0.2, 0.25) is 5.95 Å². The van der Waals surface area contributed by atoms with E-state index in [1.165, 1.54) is 10.8 Å². The van der Waals surface area contributed by atoms with Crippen molar-refractivity contribution in [2.75, 3.05) is 0 Å². The van der Waals surface area contributed by atoms with E-state index in [0.29, 0.717) is 11.3 Å². The normalized spacial score (nSPS) is 13.2. The molecule has 0 amide bonds. The molecule has 4 nitrogen and oxygen atoms in total. The Morgan fingerprint density at radius 1 is 0.371 bits per heavy atom. The molecule has 3 aromatic heterocycles. The molecule has 13 aromatic rings. The number of benzene rings is 10. The molecule has 0 radical (unpaired) electrons. The van der Waals surface area contributed by atoms with Gasteiger partial charge in [-0.2, -0.15) is 0 Å². The predicted molar refractivity (Wildman–Crippen MR) is 260 cm³/mol. The summed E-state index contributed by atoms with van der Waals surface area (Å²) < 4.78 is 58.3. The van der Waals surface area contributed by atoms with Crippen LogP contribution in [0.1, 0.15) is 8.22 Å². The van der Waals surface area contributed by atoms with E-state index in [1.54, 1.807) is 0 Å². The molecule has 0 bridgehead atoms. The number of hydrogen-bond acceptors (Lipinski definition) is 2. The summed E-state index contributed by atoms with van der Waals surface area (Å²) in [5.41, 5.74) is 10.3. The number of fused-ring (bicyclic) bond motifs is 10. The Hall–Kier alpha value is -8.34.